The van der Waals surface area contributed by atoms with Crippen LogP contribution in [0.4, 0.5) is 0 Å². The highest BCUT2D eigenvalue weighted by Gasteiger charge is 2.09. The smallest absolute Gasteiger partial charge is 0.0798 e. The highest BCUT2D eigenvalue weighted by molar-refractivity contribution is 7.09. The van der Waals surface area contributed by atoms with Crippen LogP contribution in [-0.4, -0.2) is 22.7 Å². The minimum absolute atomic E-state index is 0.0916. The first kappa shape index (κ1) is 13.2. The van der Waals surface area contributed by atoms with Crippen LogP contribution >= 0.6 is 11.3 Å². The number of aromatic nitrogens is 1. The number of aliphatic hydroxyl groups excluding tert-OH is 1. The normalized spacial score (nSPS) is 12.6. The second kappa shape index (κ2) is 6.64. The lowest BCUT2D eigenvalue weighted by atomic mass is 10.1. The van der Waals surface area contributed by atoms with Crippen LogP contribution < -0.4 is 5.32 Å². The van der Waals surface area contributed by atoms with Crippen molar-refractivity contribution in [1.82, 2.24) is 10.3 Å². The third-order valence-electron chi connectivity index (χ3n) is 2.94. The maximum absolute atomic E-state index is 9.41. The summed E-state index contributed by atoms with van der Waals surface area (Å²) >= 11 is 1.65. The molecule has 96 valence electrons. The Kier molecular flexibility index (Phi) is 4.87. The van der Waals surface area contributed by atoms with Gasteiger partial charge in [-0.15, -0.1) is 11.3 Å². The molecule has 0 aliphatic heterocycles. The zero-order chi connectivity index (χ0) is 12.8. The first-order valence-corrected chi connectivity index (χ1v) is 6.94. The van der Waals surface area contributed by atoms with E-state index in [1.54, 1.807) is 11.3 Å². The van der Waals surface area contributed by atoms with Gasteiger partial charge in [0.05, 0.1) is 17.8 Å². The molecule has 0 unspecified atom stereocenters. The summed E-state index contributed by atoms with van der Waals surface area (Å²) in [7, 11) is 0. The minimum Gasteiger partial charge on any atom is -0.395 e. The van der Waals surface area contributed by atoms with Crippen molar-refractivity contribution in [2.45, 2.75) is 25.9 Å². The molecule has 0 fully saturated rings. The van der Waals surface area contributed by atoms with E-state index in [0.717, 1.165) is 18.7 Å². The molecule has 0 aliphatic rings. The van der Waals surface area contributed by atoms with Gasteiger partial charge in [-0.1, -0.05) is 30.3 Å². The molecule has 1 aromatic heterocycles. The van der Waals surface area contributed by atoms with E-state index in [9.17, 15) is 5.11 Å². The molecule has 18 heavy (non-hydrogen) atoms. The highest BCUT2D eigenvalue weighted by Crippen LogP contribution is 2.12. The molecular weight excluding hydrogens is 244 g/mol. The Morgan fingerprint density at radius 1 is 1.33 bits per heavy atom. The Bertz CT molecular complexity index is 470. The number of nitrogens with zero attached hydrogens (tertiary/aromatic N) is 1. The predicted octanol–water partition coefficient (Wildman–Crippen LogP) is 2.14. The van der Waals surface area contributed by atoms with Crippen LogP contribution in [0.3, 0.4) is 0 Å². The van der Waals surface area contributed by atoms with E-state index in [1.807, 2.05) is 30.6 Å². The first-order valence-electron chi connectivity index (χ1n) is 6.06. The van der Waals surface area contributed by atoms with Crippen molar-refractivity contribution >= 4 is 11.3 Å². The standard InChI is InChI=1S/C14H18N2OS/c1-11-14(18-10-16-11)8-15-13(9-17)7-12-5-3-2-4-6-12/h2-6,10,13,15,17H,7-9H2,1H3/t13-/m0/s1. The molecule has 0 spiro atoms. The van der Waals surface area contributed by atoms with Crippen molar-refractivity contribution in [3.63, 3.8) is 0 Å². The molecule has 0 aliphatic carbocycles. The Morgan fingerprint density at radius 3 is 2.72 bits per heavy atom. The summed E-state index contributed by atoms with van der Waals surface area (Å²) in [4.78, 5) is 5.46. The summed E-state index contributed by atoms with van der Waals surface area (Å²) < 4.78 is 0. The summed E-state index contributed by atoms with van der Waals surface area (Å²) in [6.45, 7) is 2.93. The first-order chi connectivity index (χ1) is 8.79. The van der Waals surface area contributed by atoms with E-state index in [0.29, 0.717) is 0 Å². The summed E-state index contributed by atoms with van der Waals surface area (Å²) in [5, 5.41) is 12.8. The molecule has 2 aromatic rings. The molecule has 2 N–H and O–H groups in total. The predicted molar refractivity (Wildman–Crippen MR) is 74.7 cm³/mol. The molecule has 0 amide bonds. The summed E-state index contributed by atoms with van der Waals surface area (Å²) in [6, 6.07) is 10.3. The molecule has 0 radical (unpaired) electrons. The van der Waals surface area contributed by atoms with Crippen LogP contribution in [0.2, 0.25) is 0 Å². The van der Waals surface area contributed by atoms with Crippen molar-refractivity contribution in [3.05, 3.63) is 52.0 Å². The van der Waals surface area contributed by atoms with E-state index < -0.39 is 0 Å². The van der Waals surface area contributed by atoms with Crippen LogP contribution in [0.1, 0.15) is 16.1 Å². The summed E-state index contributed by atoms with van der Waals surface area (Å²) in [5.74, 6) is 0. The maximum Gasteiger partial charge on any atom is 0.0798 e. The molecule has 1 atom stereocenters. The Morgan fingerprint density at radius 2 is 2.11 bits per heavy atom. The monoisotopic (exact) mass is 262 g/mol. The third-order valence-corrected chi connectivity index (χ3v) is 3.88. The fourth-order valence-electron chi connectivity index (χ4n) is 1.83. The third kappa shape index (κ3) is 3.63. The number of rotatable bonds is 6. The topological polar surface area (TPSA) is 45.2 Å². The van der Waals surface area contributed by atoms with Crippen LogP contribution in [-0.2, 0) is 13.0 Å². The fraction of sp³-hybridized carbons (Fsp3) is 0.357. The van der Waals surface area contributed by atoms with Gasteiger partial charge < -0.3 is 10.4 Å². The van der Waals surface area contributed by atoms with Gasteiger partial charge in [0.2, 0.25) is 0 Å². The van der Waals surface area contributed by atoms with E-state index in [1.165, 1.54) is 10.4 Å². The van der Waals surface area contributed by atoms with E-state index in [4.69, 9.17) is 0 Å². The Hall–Kier alpha value is -1.23. The molecule has 1 aromatic carbocycles. The largest absolute Gasteiger partial charge is 0.395 e. The van der Waals surface area contributed by atoms with Gasteiger partial charge in [0, 0.05) is 17.5 Å². The van der Waals surface area contributed by atoms with Crippen LogP contribution in [0.15, 0.2) is 35.8 Å². The van der Waals surface area contributed by atoms with Gasteiger partial charge in [0.25, 0.3) is 0 Å². The molecule has 4 heteroatoms. The Balaban J connectivity index is 1.88. The van der Waals surface area contributed by atoms with Gasteiger partial charge in [0.1, 0.15) is 0 Å². The zero-order valence-corrected chi connectivity index (χ0v) is 11.3. The molecule has 0 bridgehead atoms. The zero-order valence-electron chi connectivity index (χ0n) is 10.5. The van der Waals surface area contributed by atoms with Gasteiger partial charge in [-0.2, -0.15) is 0 Å². The highest BCUT2D eigenvalue weighted by atomic mass is 32.1. The van der Waals surface area contributed by atoms with Crippen LogP contribution in [0.5, 0.6) is 0 Å². The quantitative estimate of drug-likeness (QED) is 0.838. The average molecular weight is 262 g/mol. The van der Waals surface area contributed by atoms with E-state index >= 15 is 0 Å². The number of aryl methyl sites for hydroxylation is 1. The second-order valence-electron chi connectivity index (χ2n) is 4.31. The van der Waals surface area contributed by atoms with E-state index in [-0.39, 0.29) is 12.6 Å². The molecule has 0 saturated carbocycles. The van der Waals surface area contributed by atoms with E-state index in [2.05, 4.69) is 22.4 Å². The number of thiazole rings is 1. The van der Waals surface area contributed by atoms with Crippen LogP contribution in [0, 0.1) is 6.92 Å². The second-order valence-corrected chi connectivity index (χ2v) is 5.25. The minimum atomic E-state index is 0.0916. The molecule has 3 nitrogen and oxygen atoms in total. The lowest BCUT2D eigenvalue weighted by molar-refractivity contribution is 0.241. The van der Waals surface area contributed by atoms with Gasteiger partial charge in [0.15, 0.2) is 0 Å². The molecule has 1 heterocycles. The summed E-state index contributed by atoms with van der Waals surface area (Å²) in [6.07, 6.45) is 0.842. The number of hydrogen-bond acceptors (Lipinski definition) is 4. The molecular formula is C14H18N2OS. The van der Waals surface area contributed by atoms with Crippen LogP contribution in [0.25, 0.3) is 0 Å². The fourth-order valence-corrected chi connectivity index (χ4v) is 2.56. The van der Waals surface area contributed by atoms with Crippen molar-refractivity contribution in [2.75, 3.05) is 6.61 Å². The molecule has 2 rings (SSSR count). The molecule has 0 saturated heterocycles. The maximum atomic E-state index is 9.41. The lowest BCUT2D eigenvalue weighted by Crippen LogP contribution is -2.33. The number of nitrogens with one attached hydrogen (secondary N) is 1. The van der Waals surface area contributed by atoms with Crippen molar-refractivity contribution < 1.29 is 5.11 Å². The van der Waals surface area contributed by atoms with Gasteiger partial charge in [-0.05, 0) is 18.9 Å². The summed E-state index contributed by atoms with van der Waals surface area (Å²) in [5.41, 5.74) is 4.17. The lowest BCUT2D eigenvalue weighted by Gasteiger charge is -2.16. The Labute approximate surface area is 112 Å². The number of benzene rings is 1. The average Bonchev–Trinajstić information content (AvgIpc) is 2.81. The van der Waals surface area contributed by atoms with Crippen molar-refractivity contribution in [1.29, 1.82) is 0 Å². The van der Waals surface area contributed by atoms with Crippen molar-refractivity contribution in [3.8, 4) is 0 Å². The van der Waals surface area contributed by atoms with Gasteiger partial charge in [-0.3, -0.25) is 0 Å². The SMILES string of the molecule is Cc1ncsc1CN[C@H](CO)Cc1ccccc1. The number of hydrogen-bond donors (Lipinski definition) is 2. The van der Waals surface area contributed by atoms with Gasteiger partial charge >= 0.3 is 0 Å². The van der Waals surface area contributed by atoms with Gasteiger partial charge in [-0.25, -0.2) is 4.98 Å². The number of aliphatic hydroxyl groups is 1. The van der Waals surface area contributed by atoms with Crippen molar-refractivity contribution in [2.24, 2.45) is 0 Å².